The minimum atomic E-state index is -0.308. The van der Waals surface area contributed by atoms with E-state index in [0.717, 1.165) is 12.8 Å². The van der Waals surface area contributed by atoms with Crippen LogP contribution in [0.4, 0.5) is 0 Å². The topological polar surface area (TPSA) is 80.0 Å². The summed E-state index contributed by atoms with van der Waals surface area (Å²) in [5.74, 6) is 0.522. The van der Waals surface area contributed by atoms with Gasteiger partial charge in [0.2, 0.25) is 0 Å². The van der Waals surface area contributed by atoms with E-state index in [0.29, 0.717) is 18.5 Å². The molecule has 0 aromatic rings. The number of amides is 1. The first-order valence-electron chi connectivity index (χ1n) is 6.49. The van der Waals surface area contributed by atoms with E-state index < -0.39 is 0 Å². The van der Waals surface area contributed by atoms with Gasteiger partial charge in [-0.3, -0.25) is 9.79 Å². The number of guanidine groups is 1. The SMILES string of the molecule is CN(C)C(=O)C1CCC(CN=C(N)NC2CC2)O1. The Morgan fingerprint density at radius 2 is 2.11 bits per heavy atom. The van der Waals surface area contributed by atoms with Gasteiger partial charge < -0.3 is 20.7 Å². The minimum Gasteiger partial charge on any atom is -0.370 e. The van der Waals surface area contributed by atoms with Gasteiger partial charge in [0, 0.05) is 20.1 Å². The molecule has 2 fully saturated rings. The Morgan fingerprint density at radius 3 is 2.72 bits per heavy atom. The smallest absolute Gasteiger partial charge is 0.251 e. The van der Waals surface area contributed by atoms with E-state index in [1.807, 2.05) is 0 Å². The van der Waals surface area contributed by atoms with Crippen molar-refractivity contribution in [1.82, 2.24) is 10.2 Å². The molecule has 2 unspecified atom stereocenters. The quantitative estimate of drug-likeness (QED) is 0.533. The molecule has 3 N–H and O–H groups in total. The summed E-state index contributed by atoms with van der Waals surface area (Å²) in [7, 11) is 3.49. The van der Waals surface area contributed by atoms with Gasteiger partial charge in [0.05, 0.1) is 12.6 Å². The highest BCUT2D eigenvalue weighted by Gasteiger charge is 2.31. The third-order valence-electron chi connectivity index (χ3n) is 3.22. The largest absolute Gasteiger partial charge is 0.370 e. The van der Waals surface area contributed by atoms with Crippen LogP contribution in [0.1, 0.15) is 25.7 Å². The average Bonchev–Trinajstić information content (AvgIpc) is 3.01. The first kappa shape index (κ1) is 13.1. The van der Waals surface area contributed by atoms with Gasteiger partial charge in [0.15, 0.2) is 5.96 Å². The Kier molecular flexibility index (Phi) is 4.06. The first-order chi connectivity index (χ1) is 8.56. The molecular formula is C12H22N4O2. The predicted octanol–water partition coefficient (Wildman–Crippen LogP) is -0.311. The third kappa shape index (κ3) is 3.60. The minimum absolute atomic E-state index is 0.0125. The van der Waals surface area contributed by atoms with E-state index in [9.17, 15) is 4.79 Å². The van der Waals surface area contributed by atoms with Crippen molar-refractivity contribution in [3.63, 3.8) is 0 Å². The summed E-state index contributed by atoms with van der Waals surface area (Å²) >= 11 is 0. The highest BCUT2D eigenvalue weighted by atomic mass is 16.5. The maximum Gasteiger partial charge on any atom is 0.251 e. The standard InChI is InChI=1S/C12H22N4O2/c1-16(2)11(17)10-6-5-9(18-10)7-14-12(13)15-8-3-4-8/h8-10H,3-7H2,1-2H3,(H3,13,14,15). The Hall–Kier alpha value is -1.30. The fourth-order valence-electron chi connectivity index (χ4n) is 1.99. The number of nitrogens with one attached hydrogen (secondary N) is 1. The van der Waals surface area contributed by atoms with E-state index >= 15 is 0 Å². The van der Waals surface area contributed by atoms with Gasteiger partial charge in [-0.25, -0.2) is 0 Å². The van der Waals surface area contributed by atoms with Crippen LogP contribution in [-0.2, 0) is 9.53 Å². The fraction of sp³-hybridized carbons (Fsp3) is 0.833. The molecular weight excluding hydrogens is 232 g/mol. The molecule has 1 heterocycles. The zero-order valence-electron chi connectivity index (χ0n) is 11.1. The van der Waals surface area contributed by atoms with Crippen LogP contribution < -0.4 is 11.1 Å². The van der Waals surface area contributed by atoms with Gasteiger partial charge in [-0.05, 0) is 25.7 Å². The molecule has 2 rings (SSSR count). The molecule has 0 radical (unpaired) electrons. The van der Waals surface area contributed by atoms with Crippen molar-refractivity contribution < 1.29 is 9.53 Å². The number of aliphatic imine (C=N–C) groups is 1. The van der Waals surface area contributed by atoms with Crippen molar-refractivity contribution in [3.8, 4) is 0 Å². The molecule has 0 aromatic heterocycles. The molecule has 1 saturated heterocycles. The third-order valence-corrected chi connectivity index (χ3v) is 3.22. The Bertz CT molecular complexity index is 339. The van der Waals surface area contributed by atoms with Gasteiger partial charge in [-0.15, -0.1) is 0 Å². The molecule has 6 heteroatoms. The van der Waals surface area contributed by atoms with Crippen LogP contribution in [0.5, 0.6) is 0 Å². The summed E-state index contributed by atoms with van der Waals surface area (Å²) < 4.78 is 5.67. The zero-order valence-corrected chi connectivity index (χ0v) is 11.1. The van der Waals surface area contributed by atoms with Gasteiger partial charge in [0.1, 0.15) is 6.10 Å². The second-order valence-electron chi connectivity index (χ2n) is 5.20. The van der Waals surface area contributed by atoms with Crippen molar-refractivity contribution in [2.24, 2.45) is 10.7 Å². The number of ether oxygens (including phenoxy) is 1. The number of hydrogen-bond donors (Lipinski definition) is 2. The summed E-state index contributed by atoms with van der Waals surface area (Å²) in [6.07, 6.45) is 3.69. The summed E-state index contributed by atoms with van der Waals surface area (Å²) in [5.41, 5.74) is 5.74. The van der Waals surface area contributed by atoms with Crippen LogP contribution in [0.25, 0.3) is 0 Å². The van der Waals surface area contributed by atoms with Crippen molar-refractivity contribution in [1.29, 1.82) is 0 Å². The molecule has 18 heavy (non-hydrogen) atoms. The lowest BCUT2D eigenvalue weighted by Gasteiger charge is -2.16. The van der Waals surface area contributed by atoms with E-state index in [4.69, 9.17) is 10.5 Å². The second kappa shape index (κ2) is 5.56. The molecule has 6 nitrogen and oxygen atoms in total. The van der Waals surface area contributed by atoms with E-state index in [1.165, 1.54) is 12.8 Å². The van der Waals surface area contributed by atoms with Crippen molar-refractivity contribution in [2.75, 3.05) is 20.6 Å². The molecule has 2 aliphatic rings. The molecule has 0 bridgehead atoms. The Labute approximate surface area is 108 Å². The normalized spacial score (nSPS) is 28.2. The molecule has 0 aromatic carbocycles. The summed E-state index contributed by atoms with van der Waals surface area (Å²) in [5, 5.41) is 3.13. The lowest BCUT2D eigenvalue weighted by molar-refractivity contribution is -0.140. The van der Waals surface area contributed by atoms with E-state index in [1.54, 1.807) is 19.0 Å². The molecule has 1 amide bonds. The highest BCUT2D eigenvalue weighted by Crippen LogP contribution is 2.21. The lowest BCUT2D eigenvalue weighted by Crippen LogP contribution is -2.35. The second-order valence-corrected chi connectivity index (χ2v) is 5.20. The maximum atomic E-state index is 11.7. The van der Waals surface area contributed by atoms with Crippen molar-refractivity contribution in [2.45, 2.75) is 43.9 Å². The van der Waals surface area contributed by atoms with Crippen LogP contribution in [0.15, 0.2) is 4.99 Å². The molecule has 2 atom stereocenters. The molecule has 0 spiro atoms. The number of hydrogen-bond acceptors (Lipinski definition) is 3. The van der Waals surface area contributed by atoms with Gasteiger partial charge in [0.25, 0.3) is 5.91 Å². The van der Waals surface area contributed by atoms with Crippen molar-refractivity contribution in [3.05, 3.63) is 0 Å². The van der Waals surface area contributed by atoms with Crippen LogP contribution in [0, 0.1) is 0 Å². The van der Waals surface area contributed by atoms with Gasteiger partial charge in [-0.1, -0.05) is 0 Å². The molecule has 1 saturated carbocycles. The van der Waals surface area contributed by atoms with Crippen molar-refractivity contribution >= 4 is 11.9 Å². The number of carbonyl (C=O) groups is 1. The van der Waals surface area contributed by atoms with Crippen LogP contribution in [0.2, 0.25) is 0 Å². The van der Waals surface area contributed by atoms with Crippen LogP contribution >= 0.6 is 0 Å². The Morgan fingerprint density at radius 1 is 1.39 bits per heavy atom. The number of rotatable bonds is 4. The molecule has 1 aliphatic heterocycles. The summed E-state index contributed by atoms with van der Waals surface area (Å²) in [4.78, 5) is 17.5. The monoisotopic (exact) mass is 254 g/mol. The fourth-order valence-corrected chi connectivity index (χ4v) is 1.99. The van der Waals surface area contributed by atoms with E-state index in [-0.39, 0.29) is 18.1 Å². The Balaban J connectivity index is 1.73. The van der Waals surface area contributed by atoms with E-state index in [2.05, 4.69) is 10.3 Å². The summed E-state index contributed by atoms with van der Waals surface area (Å²) in [6.45, 7) is 0.531. The van der Waals surface area contributed by atoms with Crippen LogP contribution in [0.3, 0.4) is 0 Å². The average molecular weight is 254 g/mol. The molecule has 102 valence electrons. The number of likely N-dealkylation sites (N-methyl/N-ethyl adjacent to an activating group) is 1. The van der Waals surface area contributed by atoms with Gasteiger partial charge in [-0.2, -0.15) is 0 Å². The first-order valence-corrected chi connectivity index (χ1v) is 6.49. The molecule has 1 aliphatic carbocycles. The zero-order chi connectivity index (χ0) is 13.1. The number of nitrogens with two attached hydrogens (primary N) is 1. The number of carbonyl (C=O) groups excluding carboxylic acids is 1. The van der Waals surface area contributed by atoms with Gasteiger partial charge >= 0.3 is 0 Å². The highest BCUT2D eigenvalue weighted by molar-refractivity contribution is 5.80. The van der Waals surface area contributed by atoms with Crippen LogP contribution in [-0.4, -0.2) is 55.7 Å². The lowest BCUT2D eigenvalue weighted by atomic mass is 10.2. The maximum absolute atomic E-state index is 11.7. The predicted molar refractivity (Wildman–Crippen MR) is 69.2 cm³/mol. The number of nitrogens with zero attached hydrogens (tertiary/aromatic N) is 2. The summed E-state index contributed by atoms with van der Waals surface area (Å²) in [6, 6.07) is 0.515.